The molecule has 0 aliphatic carbocycles. The van der Waals surface area contributed by atoms with E-state index in [-0.39, 0.29) is 13.1 Å². The second kappa shape index (κ2) is 8.53. The zero-order valence-corrected chi connectivity index (χ0v) is 14.2. The molecule has 0 bridgehead atoms. The molecule has 1 heterocycles. The molecule has 0 aliphatic rings. The highest BCUT2D eigenvalue weighted by atomic mass is 32.2. The van der Waals surface area contributed by atoms with Gasteiger partial charge in [0.25, 0.3) is 0 Å². The van der Waals surface area contributed by atoms with Gasteiger partial charge in [-0.05, 0) is 29.8 Å². The van der Waals surface area contributed by atoms with Crippen LogP contribution in [0.4, 0.5) is 0 Å². The monoisotopic (exact) mass is 350 g/mol. The van der Waals surface area contributed by atoms with Crippen LogP contribution in [-0.4, -0.2) is 38.2 Å². The fourth-order valence-corrected chi connectivity index (χ4v) is 2.54. The van der Waals surface area contributed by atoms with Crippen LogP contribution in [0.25, 0.3) is 0 Å². The Labute approximate surface area is 142 Å². The molecule has 0 radical (unpaired) electrons. The molecular weight excluding hydrogens is 332 g/mol. The van der Waals surface area contributed by atoms with Crippen molar-refractivity contribution in [3.05, 3.63) is 59.4 Å². The van der Waals surface area contributed by atoms with Crippen LogP contribution in [0.5, 0.6) is 5.75 Å². The molecule has 7 nitrogen and oxygen atoms in total. The van der Waals surface area contributed by atoms with Crippen LogP contribution in [0.15, 0.2) is 42.6 Å². The van der Waals surface area contributed by atoms with Crippen LogP contribution in [0.1, 0.15) is 21.6 Å². The molecule has 1 N–H and O–H groups in total. The van der Waals surface area contributed by atoms with E-state index in [2.05, 4.69) is 9.72 Å². The average molecular weight is 350 g/mol. The summed E-state index contributed by atoms with van der Waals surface area (Å²) < 4.78 is 32.1. The molecule has 24 heavy (non-hydrogen) atoms. The van der Waals surface area contributed by atoms with Gasteiger partial charge in [-0.2, -0.15) is 4.31 Å². The minimum atomic E-state index is -2.16. The fourth-order valence-electron chi connectivity index (χ4n) is 2.04. The van der Waals surface area contributed by atoms with Gasteiger partial charge in [0.1, 0.15) is 5.75 Å². The second-order valence-corrected chi connectivity index (χ2v) is 5.88. The standard InChI is InChI=1S/C16H18N2O5S/c1-22-15-7-3-12(4-8-15)10-18(24(20)21)11-14-6-5-13(9-17-14)16(19)23-2/h3-9H,10-11H2,1-2H3,(H,20,21). The summed E-state index contributed by atoms with van der Waals surface area (Å²) in [5.74, 6) is 0.241. The summed E-state index contributed by atoms with van der Waals surface area (Å²) >= 11 is -2.16. The van der Waals surface area contributed by atoms with E-state index in [1.54, 1.807) is 31.4 Å². The third kappa shape index (κ3) is 4.85. The third-order valence-electron chi connectivity index (χ3n) is 3.32. The summed E-state index contributed by atoms with van der Waals surface area (Å²) in [6.07, 6.45) is 1.38. The maximum atomic E-state index is 11.6. The smallest absolute Gasteiger partial charge is 0.339 e. The van der Waals surface area contributed by atoms with E-state index in [1.165, 1.54) is 17.6 Å². The van der Waals surface area contributed by atoms with Crippen molar-refractivity contribution in [2.45, 2.75) is 13.1 Å². The molecule has 1 aromatic carbocycles. The summed E-state index contributed by atoms with van der Waals surface area (Å²) in [7, 11) is 2.87. The Hall–Kier alpha value is -2.29. The van der Waals surface area contributed by atoms with Crippen molar-refractivity contribution in [2.24, 2.45) is 0 Å². The van der Waals surface area contributed by atoms with E-state index in [0.717, 1.165) is 11.3 Å². The molecule has 1 atom stereocenters. The Balaban J connectivity index is 2.07. The summed E-state index contributed by atoms with van der Waals surface area (Å²) in [5, 5.41) is 0. The molecule has 0 saturated carbocycles. The lowest BCUT2D eigenvalue weighted by Gasteiger charge is -2.17. The molecule has 1 unspecified atom stereocenters. The topological polar surface area (TPSA) is 89.0 Å². The van der Waals surface area contributed by atoms with E-state index in [4.69, 9.17) is 4.74 Å². The van der Waals surface area contributed by atoms with Gasteiger partial charge in [0, 0.05) is 12.7 Å². The molecule has 2 rings (SSSR count). The molecule has 0 saturated heterocycles. The molecule has 2 aromatic rings. The van der Waals surface area contributed by atoms with Gasteiger partial charge in [-0.3, -0.25) is 9.54 Å². The number of ether oxygens (including phenoxy) is 2. The van der Waals surface area contributed by atoms with Gasteiger partial charge in [-0.25, -0.2) is 9.00 Å². The molecule has 0 amide bonds. The van der Waals surface area contributed by atoms with Crippen molar-refractivity contribution in [1.82, 2.24) is 9.29 Å². The molecule has 0 spiro atoms. The Morgan fingerprint density at radius 1 is 1.17 bits per heavy atom. The SMILES string of the molecule is COC(=O)c1ccc(CN(Cc2ccc(OC)cc2)S(=O)O)nc1. The lowest BCUT2D eigenvalue weighted by molar-refractivity contribution is 0.0600. The van der Waals surface area contributed by atoms with Gasteiger partial charge in [0.05, 0.1) is 32.0 Å². The molecular formula is C16H18N2O5S. The number of esters is 1. The summed E-state index contributed by atoms with van der Waals surface area (Å²) in [6.45, 7) is 0.435. The fraction of sp³-hybridized carbons (Fsp3) is 0.250. The van der Waals surface area contributed by atoms with Crippen LogP contribution in [0, 0.1) is 0 Å². The molecule has 0 fully saturated rings. The second-order valence-electron chi connectivity index (χ2n) is 4.91. The maximum Gasteiger partial charge on any atom is 0.339 e. The zero-order valence-electron chi connectivity index (χ0n) is 13.3. The number of pyridine rings is 1. The quantitative estimate of drug-likeness (QED) is 0.607. The largest absolute Gasteiger partial charge is 0.497 e. The summed E-state index contributed by atoms with van der Waals surface area (Å²) in [5.41, 5.74) is 1.76. The lowest BCUT2D eigenvalue weighted by Crippen LogP contribution is -2.25. The first kappa shape index (κ1) is 18.1. The van der Waals surface area contributed by atoms with Crippen molar-refractivity contribution < 1.29 is 23.0 Å². The number of benzene rings is 1. The number of carbonyl (C=O) groups is 1. The van der Waals surface area contributed by atoms with Crippen LogP contribution in [-0.2, 0) is 29.1 Å². The molecule has 0 aliphatic heterocycles. The number of carbonyl (C=O) groups excluding carboxylic acids is 1. The van der Waals surface area contributed by atoms with E-state index < -0.39 is 17.2 Å². The average Bonchev–Trinajstić information content (AvgIpc) is 2.61. The van der Waals surface area contributed by atoms with Crippen LogP contribution in [0.2, 0.25) is 0 Å². The number of aromatic nitrogens is 1. The first-order valence-corrected chi connectivity index (χ1v) is 8.12. The minimum Gasteiger partial charge on any atom is -0.497 e. The highest BCUT2D eigenvalue weighted by molar-refractivity contribution is 7.76. The number of nitrogens with zero attached hydrogens (tertiary/aromatic N) is 2. The first-order chi connectivity index (χ1) is 11.5. The Morgan fingerprint density at radius 2 is 1.88 bits per heavy atom. The first-order valence-electron chi connectivity index (χ1n) is 7.05. The van der Waals surface area contributed by atoms with Gasteiger partial charge in [0.15, 0.2) is 0 Å². The van der Waals surface area contributed by atoms with Crippen molar-refractivity contribution in [3.63, 3.8) is 0 Å². The van der Waals surface area contributed by atoms with Gasteiger partial charge in [0.2, 0.25) is 11.3 Å². The van der Waals surface area contributed by atoms with Gasteiger partial charge >= 0.3 is 5.97 Å². The maximum absolute atomic E-state index is 11.6. The Bertz CT molecular complexity index is 703. The number of methoxy groups -OCH3 is 2. The molecule has 1 aromatic heterocycles. The predicted molar refractivity (Wildman–Crippen MR) is 88.6 cm³/mol. The van der Waals surface area contributed by atoms with Gasteiger partial charge in [-0.15, -0.1) is 0 Å². The minimum absolute atomic E-state index is 0.163. The number of hydrogen-bond donors (Lipinski definition) is 1. The van der Waals surface area contributed by atoms with E-state index in [0.29, 0.717) is 11.3 Å². The highest BCUT2D eigenvalue weighted by Crippen LogP contribution is 2.15. The van der Waals surface area contributed by atoms with E-state index in [1.807, 2.05) is 12.1 Å². The van der Waals surface area contributed by atoms with Crippen LogP contribution < -0.4 is 4.74 Å². The Kier molecular flexibility index (Phi) is 6.42. The van der Waals surface area contributed by atoms with Crippen molar-refractivity contribution >= 4 is 17.2 Å². The molecule has 128 valence electrons. The van der Waals surface area contributed by atoms with E-state index >= 15 is 0 Å². The normalized spacial score (nSPS) is 12.0. The third-order valence-corrected chi connectivity index (χ3v) is 4.02. The summed E-state index contributed by atoms with van der Waals surface area (Å²) in [6, 6.07) is 10.4. The van der Waals surface area contributed by atoms with Crippen molar-refractivity contribution in [1.29, 1.82) is 0 Å². The molecule has 8 heteroatoms. The number of rotatable bonds is 7. The van der Waals surface area contributed by atoms with Gasteiger partial charge < -0.3 is 9.47 Å². The highest BCUT2D eigenvalue weighted by Gasteiger charge is 2.14. The summed E-state index contributed by atoms with van der Waals surface area (Å²) in [4.78, 5) is 15.5. The van der Waals surface area contributed by atoms with Crippen molar-refractivity contribution in [2.75, 3.05) is 14.2 Å². The van der Waals surface area contributed by atoms with Gasteiger partial charge in [-0.1, -0.05) is 12.1 Å². The lowest BCUT2D eigenvalue weighted by atomic mass is 10.2. The number of hydrogen-bond acceptors (Lipinski definition) is 5. The predicted octanol–water partition coefficient (Wildman–Crippen LogP) is 2.02. The zero-order chi connectivity index (χ0) is 17.5. The van der Waals surface area contributed by atoms with Crippen LogP contribution in [0.3, 0.4) is 0 Å². The Morgan fingerprint density at radius 3 is 2.38 bits per heavy atom. The van der Waals surface area contributed by atoms with Crippen LogP contribution >= 0.6 is 0 Å². The van der Waals surface area contributed by atoms with E-state index in [9.17, 15) is 13.6 Å². The van der Waals surface area contributed by atoms with Crippen molar-refractivity contribution in [3.8, 4) is 5.75 Å².